The number of carbonyl (C=O) groups excluding carboxylic acids is 1. The van der Waals surface area contributed by atoms with Gasteiger partial charge in [0.2, 0.25) is 5.91 Å². The normalized spacial score (nSPS) is 20.7. The molecule has 1 fully saturated rings. The lowest BCUT2D eigenvalue weighted by Gasteiger charge is -2.18. The summed E-state index contributed by atoms with van der Waals surface area (Å²) in [6, 6.07) is 5.78. The minimum absolute atomic E-state index is 0. The molecule has 0 aliphatic heterocycles. The van der Waals surface area contributed by atoms with Gasteiger partial charge in [-0.1, -0.05) is 24.6 Å². The van der Waals surface area contributed by atoms with Crippen molar-refractivity contribution in [3.8, 4) is 5.75 Å². The minimum Gasteiger partial charge on any atom is -0.405 e. The molecule has 0 bridgehead atoms. The molecule has 130 valence electrons. The van der Waals surface area contributed by atoms with E-state index in [-0.39, 0.29) is 48.0 Å². The topological polar surface area (TPSA) is 64.4 Å². The molecular formula is C15H20ClF3N2O2. The van der Waals surface area contributed by atoms with Crippen LogP contribution in [0.5, 0.6) is 5.75 Å². The van der Waals surface area contributed by atoms with Crippen LogP contribution in [0.1, 0.15) is 24.8 Å². The Hall–Kier alpha value is -1.47. The summed E-state index contributed by atoms with van der Waals surface area (Å²) >= 11 is 0. The van der Waals surface area contributed by atoms with Crippen LogP contribution in [0.2, 0.25) is 0 Å². The molecule has 0 heterocycles. The number of amides is 1. The van der Waals surface area contributed by atoms with E-state index in [0.29, 0.717) is 6.54 Å². The van der Waals surface area contributed by atoms with Gasteiger partial charge < -0.3 is 15.8 Å². The van der Waals surface area contributed by atoms with E-state index in [9.17, 15) is 18.0 Å². The SMILES string of the molecule is Cl.NC[C@H]1CCC[C@H]1C(=O)NCc1ccccc1OC(F)(F)F. The first-order chi connectivity index (χ1) is 10.4. The van der Waals surface area contributed by atoms with E-state index in [2.05, 4.69) is 10.1 Å². The van der Waals surface area contributed by atoms with Crippen LogP contribution >= 0.6 is 12.4 Å². The third kappa shape index (κ3) is 5.58. The van der Waals surface area contributed by atoms with Crippen molar-refractivity contribution >= 4 is 18.3 Å². The van der Waals surface area contributed by atoms with Gasteiger partial charge in [0, 0.05) is 18.0 Å². The Balaban J connectivity index is 0.00000264. The first-order valence-corrected chi connectivity index (χ1v) is 7.22. The molecule has 1 aromatic carbocycles. The maximum Gasteiger partial charge on any atom is 0.573 e. The van der Waals surface area contributed by atoms with Crippen LogP contribution < -0.4 is 15.8 Å². The molecule has 1 saturated carbocycles. The van der Waals surface area contributed by atoms with Crippen LogP contribution in [-0.4, -0.2) is 18.8 Å². The third-order valence-electron chi connectivity index (χ3n) is 3.95. The Labute approximate surface area is 139 Å². The Morgan fingerprint density at radius 2 is 2.00 bits per heavy atom. The second kappa shape index (κ2) is 8.40. The van der Waals surface area contributed by atoms with Gasteiger partial charge in [0.15, 0.2) is 0 Å². The Kier molecular flexibility index (Phi) is 7.15. The molecule has 0 spiro atoms. The van der Waals surface area contributed by atoms with Crippen LogP contribution in [-0.2, 0) is 11.3 Å². The molecule has 0 saturated heterocycles. The smallest absolute Gasteiger partial charge is 0.405 e. The molecule has 23 heavy (non-hydrogen) atoms. The van der Waals surface area contributed by atoms with Gasteiger partial charge >= 0.3 is 6.36 Å². The number of rotatable bonds is 5. The van der Waals surface area contributed by atoms with Crippen molar-refractivity contribution in [2.24, 2.45) is 17.6 Å². The largest absolute Gasteiger partial charge is 0.573 e. The van der Waals surface area contributed by atoms with E-state index in [1.54, 1.807) is 6.07 Å². The molecule has 2 rings (SSSR count). The standard InChI is InChI=1S/C15H19F3N2O2.ClH/c16-15(17,18)22-13-7-2-1-4-11(13)9-20-14(21)12-6-3-5-10(12)8-19;/h1-2,4,7,10,12H,3,5-6,8-9,19H2,(H,20,21);1H/t10-,12-;/m1./s1. The van der Waals surface area contributed by atoms with Gasteiger partial charge in [0.25, 0.3) is 0 Å². The summed E-state index contributed by atoms with van der Waals surface area (Å²) in [5.74, 6) is -0.450. The van der Waals surface area contributed by atoms with E-state index >= 15 is 0 Å². The van der Waals surface area contributed by atoms with Crippen LogP contribution in [0.15, 0.2) is 24.3 Å². The Morgan fingerprint density at radius 3 is 2.65 bits per heavy atom. The number of nitrogens with two attached hydrogens (primary N) is 1. The highest BCUT2D eigenvalue weighted by Gasteiger charge is 2.33. The Morgan fingerprint density at radius 1 is 1.30 bits per heavy atom. The summed E-state index contributed by atoms with van der Waals surface area (Å²) in [6.45, 7) is 0.449. The maximum atomic E-state index is 12.3. The zero-order valence-corrected chi connectivity index (χ0v) is 13.3. The van der Waals surface area contributed by atoms with Crippen molar-refractivity contribution in [1.82, 2.24) is 5.32 Å². The summed E-state index contributed by atoms with van der Waals surface area (Å²) < 4.78 is 41.0. The first-order valence-electron chi connectivity index (χ1n) is 7.22. The molecule has 8 heteroatoms. The van der Waals surface area contributed by atoms with Crippen molar-refractivity contribution in [3.05, 3.63) is 29.8 Å². The van der Waals surface area contributed by atoms with E-state index in [4.69, 9.17) is 5.73 Å². The molecule has 1 aliphatic rings. The number of ether oxygens (including phenoxy) is 1. The highest BCUT2D eigenvalue weighted by atomic mass is 35.5. The van der Waals surface area contributed by atoms with E-state index < -0.39 is 6.36 Å². The highest BCUT2D eigenvalue weighted by Crippen LogP contribution is 2.31. The molecule has 3 N–H and O–H groups in total. The fourth-order valence-corrected chi connectivity index (χ4v) is 2.85. The monoisotopic (exact) mass is 352 g/mol. The Bertz CT molecular complexity index is 526. The quantitative estimate of drug-likeness (QED) is 0.856. The number of halogens is 4. The molecule has 1 amide bonds. The van der Waals surface area contributed by atoms with Gasteiger partial charge in [-0.3, -0.25) is 4.79 Å². The van der Waals surface area contributed by atoms with Crippen molar-refractivity contribution in [2.45, 2.75) is 32.2 Å². The van der Waals surface area contributed by atoms with E-state index in [0.717, 1.165) is 19.3 Å². The molecule has 0 unspecified atom stereocenters. The molecular weight excluding hydrogens is 333 g/mol. The van der Waals surface area contributed by atoms with E-state index in [1.807, 2.05) is 0 Å². The van der Waals surface area contributed by atoms with Gasteiger partial charge in [-0.25, -0.2) is 0 Å². The molecule has 0 radical (unpaired) electrons. The van der Waals surface area contributed by atoms with Gasteiger partial charge in [0.05, 0.1) is 0 Å². The van der Waals surface area contributed by atoms with Crippen molar-refractivity contribution in [1.29, 1.82) is 0 Å². The van der Waals surface area contributed by atoms with Crippen molar-refractivity contribution in [2.75, 3.05) is 6.54 Å². The lowest BCUT2D eigenvalue weighted by atomic mass is 9.95. The van der Waals surface area contributed by atoms with Gasteiger partial charge in [-0.2, -0.15) is 0 Å². The molecule has 1 aliphatic carbocycles. The molecule has 1 aromatic rings. The zero-order chi connectivity index (χ0) is 16.2. The lowest BCUT2D eigenvalue weighted by Crippen LogP contribution is -2.34. The number of alkyl halides is 3. The second-order valence-corrected chi connectivity index (χ2v) is 5.41. The summed E-state index contributed by atoms with van der Waals surface area (Å²) in [5, 5.41) is 2.69. The minimum atomic E-state index is -4.75. The van der Waals surface area contributed by atoms with Gasteiger partial charge in [-0.05, 0) is 31.4 Å². The summed E-state index contributed by atoms with van der Waals surface area (Å²) in [7, 11) is 0. The molecule has 2 atom stereocenters. The maximum absolute atomic E-state index is 12.3. The third-order valence-corrected chi connectivity index (χ3v) is 3.95. The van der Waals surface area contributed by atoms with Crippen LogP contribution in [0.25, 0.3) is 0 Å². The number of hydrogen-bond donors (Lipinski definition) is 2. The lowest BCUT2D eigenvalue weighted by molar-refractivity contribution is -0.274. The van der Waals surface area contributed by atoms with Gasteiger partial charge in [0.1, 0.15) is 5.75 Å². The number of carbonyl (C=O) groups is 1. The van der Waals surface area contributed by atoms with Crippen molar-refractivity contribution in [3.63, 3.8) is 0 Å². The summed E-state index contributed by atoms with van der Waals surface area (Å²) in [4.78, 5) is 12.2. The predicted molar refractivity (Wildman–Crippen MR) is 82.1 cm³/mol. The molecule has 0 aromatic heterocycles. The average Bonchev–Trinajstić information content (AvgIpc) is 2.93. The van der Waals surface area contributed by atoms with Gasteiger partial charge in [-0.15, -0.1) is 25.6 Å². The second-order valence-electron chi connectivity index (χ2n) is 5.41. The van der Waals surface area contributed by atoms with Crippen LogP contribution in [0, 0.1) is 11.8 Å². The first kappa shape index (κ1) is 19.6. The highest BCUT2D eigenvalue weighted by molar-refractivity contribution is 5.85. The summed E-state index contributed by atoms with van der Waals surface area (Å²) in [5.41, 5.74) is 5.93. The van der Waals surface area contributed by atoms with Crippen LogP contribution in [0.4, 0.5) is 13.2 Å². The number of para-hydroxylation sites is 1. The van der Waals surface area contributed by atoms with Crippen molar-refractivity contribution < 1.29 is 22.7 Å². The number of benzene rings is 1. The van der Waals surface area contributed by atoms with Crippen LogP contribution in [0.3, 0.4) is 0 Å². The fraction of sp³-hybridized carbons (Fsp3) is 0.533. The average molecular weight is 353 g/mol. The zero-order valence-electron chi connectivity index (χ0n) is 12.4. The predicted octanol–water partition coefficient (Wildman–Crippen LogP) is 3.00. The van der Waals surface area contributed by atoms with E-state index in [1.165, 1.54) is 18.2 Å². The molecule has 4 nitrogen and oxygen atoms in total. The fourth-order valence-electron chi connectivity index (χ4n) is 2.85. The number of hydrogen-bond acceptors (Lipinski definition) is 3. The number of nitrogens with one attached hydrogen (secondary N) is 1. The summed E-state index contributed by atoms with van der Waals surface area (Å²) in [6.07, 6.45) is -2.11.